The van der Waals surface area contributed by atoms with Crippen LogP contribution in [0, 0.1) is 0 Å². The lowest BCUT2D eigenvalue weighted by molar-refractivity contribution is -0.147. The number of aromatic hydroxyl groups is 2. The number of benzene rings is 3. The van der Waals surface area contributed by atoms with Gasteiger partial charge in [-0.3, -0.25) is 57.5 Å². The number of phenolic OH excluding ortho intramolecular Hbond substituents is 2. The summed E-state index contributed by atoms with van der Waals surface area (Å²) < 4.78 is 0. The number of carbonyl (C=O) groups is 13. The molecule has 0 heterocycles. The molecule has 20 N–H and O–H groups in total. The van der Waals surface area contributed by atoms with Crippen LogP contribution in [0.3, 0.4) is 0 Å². The molecule has 31 nitrogen and oxygen atoms in total. The Morgan fingerprint density at radius 1 is 0.442 bits per heavy atom. The van der Waals surface area contributed by atoms with Crippen molar-refractivity contribution in [2.75, 3.05) is 18.6 Å². The monoisotopic (exact) mass is 1230 g/mol. The quantitative estimate of drug-likeness (QED) is 0.0259. The predicted octanol–water partition coefficient (Wildman–Crippen LogP) is -5.13. The number of carboxylic acids is 3. The van der Waals surface area contributed by atoms with Crippen LogP contribution in [-0.4, -0.2) is 198 Å². The highest BCUT2D eigenvalue weighted by atomic mass is 32.2. The van der Waals surface area contributed by atoms with Crippen LogP contribution in [0.2, 0.25) is 0 Å². The number of primary amides is 1. The first-order valence-electron chi connectivity index (χ1n) is 26.3. The van der Waals surface area contributed by atoms with Crippen LogP contribution in [0.4, 0.5) is 0 Å². The maximum absolute atomic E-state index is 14.3. The summed E-state index contributed by atoms with van der Waals surface area (Å²) in [5, 5.41) is 90.4. The third kappa shape index (κ3) is 24.4. The Hall–Kier alpha value is -9.40. The summed E-state index contributed by atoms with van der Waals surface area (Å²) in [4.78, 5) is 172. The van der Waals surface area contributed by atoms with Gasteiger partial charge in [0.2, 0.25) is 59.1 Å². The SMILES string of the molecule is CSCC[C@H](NC(=O)[C@H](CC(N)=O)NC(=O)[C@H](Cc1ccc(O)cc1)NC(=O)[C@H](CC(=O)O)NC(=O)[C@@H](NC(=O)[C@H](Cc1ccccc1)NC(=O)[C@@H](NC(=O)[C@H](Cc1ccc(O)cc1)NC(=O)CN)[C@@H](C)O)[C@@H](C)O)C(=O)N[C@@H](CC(=O)O)C(=O)O. The molecular weight excluding hydrogens is 1150 g/mol. The van der Waals surface area contributed by atoms with Crippen molar-refractivity contribution in [1.29, 1.82) is 0 Å². The van der Waals surface area contributed by atoms with E-state index >= 15 is 0 Å². The summed E-state index contributed by atoms with van der Waals surface area (Å²) in [7, 11) is 0. The molecule has 0 aromatic heterocycles. The van der Waals surface area contributed by atoms with Gasteiger partial charge < -0.3 is 95.1 Å². The molecule has 0 bridgehead atoms. The lowest BCUT2D eigenvalue weighted by Crippen LogP contribution is -2.63. The van der Waals surface area contributed by atoms with Gasteiger partial charge in [0.25, 0.3) is 0 Å². The maximum Gasteiger partial charge on any atom is 0.326 e. The molecule has 3 aromatic rings. The van der Waals surface area contributed by atoms with Crippen molar-refractivity contribution in [1.82, 2.24) is 47.9 Å². The average molecular weight is 1230 g/mol. The number of aliphatic carboxylic acids is 3. The molecule has 0 aliphatic rings. The van der Waals surface area contributed by atoms with E-state index in [2.05, 4.69) is 42.5 Å². The molecule has 0 saturated heterocycles. The van der Waals surface area contributed by atoms with Crippen molar-refractivity contribution >= 4 is 88.7 Å². The molecule has 0 radical (unpaired) electrons. The van der Waals surface area contributed by atoms with Gasteiger partial charge in [-0.1, -0.05) is 54.6 Å². The Bertz CT molecular complexity index is 2880. The average Bonchev–Trinajstić information content (AvgIpc) is 2.87. The standard InChI is InChI=1S/C54H71N11O20S/c1-26(66)44(64-50(80)34(57-41(71)25-55)20-29-9-13-31(68)14-10-29)52(82)61-36(19-28-7-5-4-6-8-28)51(81)65-45(27(2)67)53(83)62-38(23-42(72)73)49(79)59-35(21-30-11-15-32(69)16-12-30)47(77)60-37(22-40(56)70)48(78)58-33(17-18-86-3)46(76)63-39(54(84)85)24-43(74)75/h4-16,26-27,33-39,44-45,66-69H,17-25,55H2,1-3H3,(H2,56,70)(H,57,71)(H,58,78)(H,59,79)(H,60,77)(H,61,82)(H,62,83)(H,63,76)(H,64,80)(H,65,81)(H,72,73)(H,74,75)(H,84,85)/t26-,27-,33+,34+,35+,36+,37+,38+,39+,44+,45+/m1/s1. The first-order chi connectivity index (χ1) is 40.5. The third-order valence-corrected chi connectivity index (χ3v) is 13.2. The van der Waals surface area contributed by atoms with E-state index in [1.54, 1.807) is 36.6 Å². The second-order valence-corrected chi connectivity index (χ2v) is 20.5. The minimum absolute atomic E-state index is 0.0918. The van der Waals surface area contributed by atoms with E-state index in [1.807, 2.05) is 5.32 Å². The van der Waals surface area contributed by atoms with Crippen LogP contribution < -0.4 is 59.3 Å². The van der Waals surface area contributed by atoms with Gasteiger partial charge in [0, 0.05) is 19.3 Å². The Labute approximate surface area is 495 Å². The summed E-state index contributed by atoms with van der Waals surface area (Å²) >= 11 is 1.19. The number of nitrogens with two attached hydrogens (primary N) is 2. The highest BCUT2D eigenvalue weighted by Crippen LogP contribution is 2.15. The number of aliphatic hydroxyl groups excluding tert-OH is 2. The number of aliphatic hydroxyl groups is 2. The molecule has 0 unspecified atom stereocenters. The van der Waals surface area contributed by atoms with Crippen molar-refractivity contribution in [3.8, 4) is 11.5 Å². The Morgan fingerprint density at radius 3 is 1.19 bits per heavy atom. The molecule has 86 heavy (non-hydrogen) atoms. The molecule has 0 aliphatic carbocycles. The summed E-state index contributed by atoms with van der Waals surface area (Å²) in [6.07, 6.45) is -6.33. The minimum atomic E-state index is -2.15. The highest BCUT2D eigenvalue weighted by Gasteiger charge is 2.38. The Balaban J connectivity index is 1.95. The van der Waals surface area contributed by atoms with Crippen LogP contribution in [0.1, 0.15) is 56.2 Å². The first kappa shape index (κ1) is 70.9. The summed E-state index contributed by atoms with van der Waals surface area (Å²) in [5.74, 6) is -16.9. The van der Waals surface area contributed by atoms with Gasteiger partial charge in [-0.2, -0.15) is 11.8 Å². The van der Waals surface area contributed by atoms with Gasteiger partial charge in [0.15, 0.2) is 0 Å². The molecular formula is C54H71N11O20S. The topological polar surface area (TPSA) is 524 Å². The van der Waals surface area contributed by atoms with E-state index in [1.165, 1.54) is 60.3 Å². The smallest absolute Gasteiger partial charge is 0.326 e. The minimum Gasteiger partial charge on any atom is -0.508 e. The number of phenols is 2. The van der Waals surface area contributed by atoms with Gasteiger partial charge in [-0.25, -0.2) is 4.79 Å². The molecule has 0 spiro atoms. The van der Waals surface area contributed by atoms with Crippen molar-refractivity contribution in [2.24, 2.45) is 11.5 Å². The number of hydrogen-bond acceptors (Lipinski definition) is 19. The zero-order valence-electron chi connectivity index (χ0n) is 46.7. The summed E-state index contributed by atoms with van der Waals surface area (Å²) in [6.45, 7) is 1.63. The van der Waals surface area contributed by atoms with E-state index < -0.39 is 176 Å². The second kappa shape index (κ2) is 35.0. The maximum atomic E-state index is 14.3. The van der Waals surface area contributed by atoms with Gasteiger partial charge in [0.05, 0.1) is 38.0 Å². The molecule has 0 aliphatic heterocycles. The number of rotatable bonds is 36. The van der Waals surface area contributed by atoms with E-state index in [0.29, 0.717) is 11.1 Å². The molecule has 0 saturated carbocycles. The number of thioether (sulfide) groups is 1. The van der Waals surface area contributed by atoms with Crippen LogP contribution in [0.5, 0.6) is 11.5 Å². The summed E-state index contributed by atoms with van der Waals surface area (Å²) in [6, 6.07) is 2.10. The lowest BCUT2D eigenvalue weighted by Gasteiger charge is -2.29. The van der Waals surface area contributed by atoms with Crippen LogP contribution in [0.25, 0.3) is 0 Å². The van der Waals surface area contributed by atoms with Gasteiger partial charge in [-0.15, -0.1) is 0 Å². The molecule has 3 aromatic carbocycles. The molecule has 32 heteroatoms. The van der Waals surface area contributed by atoms with Crippen molar-refractivity contribution < 1.29 is 98.1 Å². The predicted molar refractivity (Wildman–Crippen MR) is 303 cm³/mol. The number of carboxylic acid groups (broad SMARTS) is 3. The van der Waals surface area contributed by atoms with Crippen molar-refractivity contribution in [2.45, 2.75) is 125 Å². The number of hydrogen-bond donors (Lipinski definition) is 18. The second-order valence-electron chi connectivity index (χ2n) is 19.6. The van der Waals surface area contributed by atoms with E-state index in [0.717, 1.165) is 13.8 Å². The van der Waals surface area contributed by atoms with E-state index in [9.17, 15) is 93.0 Å². The fourth-order valence-corrected chi connectivity index (χ4v) is 8.54. The molecule has 10 amide bonds. The zero-order valence-corrected chi connectivity index (χ0v) is 47.5. The van der Waals surface area contributed by atoms with Gasteiger partial charge in [-0.05, 0) is 73.2 Å². The Morgan fingerprint density at radius 2 is 0.779 bits per heavy atom. The Kier molecular flexibility index (Phi) is 28.9. The zero-order chi connectivity index (χ0) is 64.4. The van der Waals surface area contributed by atoms with Crippen LogP contribution >= 0.6 is 11.8 Å². The van der Waals surface area contributed by atoms with Crippen molar-refractivity contribution in [3.63, 3.8) is 0 Å². The number of nitrogens with one attached hydrogen (secondary N) is 9. The van der Waals surface area contributed by atoms with Gasteiger partial charge in [0.1, 0.15) is 65.9 Å². The first-order valence-corrected chi connectivity index (χ1v) is 27.7. The third-order valence-electron chi connectivity index (χ3n) is 12.6. The molecule has 3 rings (SSSR count). The highest BCUT2D eigenvalue weighted by molar-refractivity contribution is 7.98. The van der Waals surface area contributed by atoms with Gasteiger partial charge >= 0.3 is 17.9 Å². The normalized spacial score (nSPS) is 14.8. The van der Waals surface area contributed by atoms with E-state index in [-0.39, 0.29) is 42.1 Å². The fourth-order valence-electron chi connectivity index (χ4n) is 8.07. The molecule has 11 atom stereocenters. The molecule has 468 valence electrons. The van der Waals surface area contributed by atoms with Crippen molar-refractivity contribution in [3.05, 3.63) is 95.6 Å². The summed E-state index contributed by atoms with van der Waals surface area (Å²) in [5.41, 5.74) is 12.0. The molecule has 0 fully saturated rings. The largest absolute Gasteiger partial charge is 0.508 e. The number of carbonyl (C=O) groups excluding carboxylic acids is 10. The van der Waals surface area contributed by atoms with Crippen LogP contribution in [-0.2, 0) is 81.6 Å². The fraction of sp³-hybridized carbons (Fsp3) is 0.426. The van der Waals surface area contributed by atoms with Crippen LogP contribution in [0.15, 0.2) is 78.9 Å². The van der Waals surface area contributed by atoms with E-state index in [4.69, 9.17) is 16.6 Å². The number of amides is 10. The lowest BCUT2D eigenvalue weighted by atomic mass is 10.0.